The van der Waals surface area contributed by atoms with E-state index in [2.05, 4.69) is 27.2 Å². The number of unbranched alkanes of at least 4 members (excludes halogenated alkanes) is 1. The molecular weight excluding hydrogens is 296 g/mol. The molecule has 3 rings (SSSR count). The molecule has 3 heterocycles. The number of fused-ring (bicyclic) bond motifs is 3. The lowest BCUT2D eigenvalue weighted by atomic mass is 10.2. The Labute approximate surface area is 135 Å². The Morgan fingerprint density at radius 2 is 2.14 bits per heavy atom. The number of hydrogen-bond acceptors (Lipinski definition) is 5. The molecule has 0 aliphatic carbocycles. The average Bonchev–Trinajstić information content (AvgIpc) is 2.91. The standard InChI is InChI=1S/C16H20N4OS/c1-2-21-11-14-19-13-10-18-12-6-5-7-17-15(12)16(13)20(14)8-3-4-9-22/h5-7,10,22H,2-4,8-9,11H2,1H3. The van der Waals surface area contributed by atoms with E-state index in [1.165, 1.54) is 0 Å². The Morgan fingerprint density at radius 3 is 2.95 bits per heavy atom. The fourth-order valence-corrected chi connectivity index (χ4v) is 2.82. The molecule has 0 aliphatic heterocycles. The summed E-state index contributed by atoms with van der Waals surface area (Å²) in [6.45, 7) is 4.08. The van der Waals surface area contributed by atoms with Gasteiger partial charge in [-0.3, -0.25) is 9.97 Å². The number of ether oxygens (including phenoxy) is 1. The van der Waals surface area contributed by atoms with Crippen LogP contribution in [0.4, 0.5) is 0 Å². The summed E-state index contributed by atoms with van der Waals surface area (Å²) in [6.07, 6.45) is 5.76. The largest absolute Gasteiger partial charge is 0.374 e. The number of rotatable bonds is 7. The molecule has 0 fully saturated rings. The van der Waals surface area contributed by atoms with Gasteiger partial charge in [-0.25, -0.2) is 4.98 Å². The van der Waals surface area contributed by atoms with E-state index in [1.807, 2.05) is 25.3 Å². The monoisotopic (exact) mass is 316 g/mol. The zero-order valence-electron chi connectivity index (χ0n) is 12.7. The van der Waals surface area contributed by atoms with Gasteiger partial charge in [0.05, 0.1) is 17.2 Å². The van der Waals surface area contributed by atoms with E-state index < -0.39 is 0 Å². The van der Waals surface area contributed by atoms with Crippen LogP contribution in [0.1, 0.15) is 25.6 Å². The molecule has 0 aromatic carbocycles. The van der Waals surface area contributed by atoms with Gasteiger partial charge in [0.1, 0.15) is 23.5 Å². The van der Waals surface area contributed by atoms with Crippen molar-refractivity contribution in [2.75, 3.05) is 12.4 Å². The third-order valence-electron chi connectivity index (χ3n) is 3.64. The second kappa shape index (κ2) is 7.07. The predicted molar refractivity (Wildman–Crippen MR) is 91.2 cm³/mol. The lowest BCUT2D eigenvalue weighted by Crippen LogP contribution is -2.07. The van der Waals surface area contributed by atoms with Crippen LogP contribution in [-0.2, 0) is 17.9 Å². The van der Waals surface area contributed by atoms with Crippen LogP contribution in [0.25, 0.3) is 22.1 Å². The van der Waals surface area contributed by atoms with E-state index in [9.17, 15) is 0 Å². The second-order valence-electron chi connectivity index (χ2n) is 5.11. The van der Waals surface area contributed by atoms with Crippen molar-refractivity contribution in [3.8, 4) is 0 Å². The van der Waals surface area contributed by atoms with Gasteiger partial charge in [0.15, 0.2) is 0 Å². The van der Waals surface area contributed by atoms with Gasteiger partial charge in [-0.05, 0) is 37.7 Å². The van der Waals surface area contributed by atoms with Crippen molar-refractivity contribution in [2.24, 2.45) is 0 Å². The Morgan fingerprint density at radius 1 is 1.23 bits per heavy atom. The fourth-order valence-electron chi connectivity index (χ4n) is 2.60. The fraction of sp³-hybridized carbons (Fsp3) is 0.438. The van der Waals surface area contributed by atoms with Crippen molar-refractivity contribution in [1.82, 2.24) is 19.5 Å². The molecule has 6 heteroatoms. The first-order valence-corrected chi connectivity index (χ1v) is 8.25. The summed E-state index contributed by atoms with van der Waals surface area (Å²) in [5, 5.41) is 0. The van der Waals surface area contributed by atoms with Crippen molar-refractivity contribution in [1.29, 1.82) is 0 Å². The molecular formula is C16H20N4OS. The third kappa shape index (κ3) is 2.94. The Kier molecular flexibility index (Phi) is 4.90. The van der Waals surface area contributed by atoms with Gasteiger partial charge in [-0.15, -0.1) is 0 Å². The summed E-state index contributed by atoms with van der Waals surface area (Å²) in [4.78, 5) is 13.7. The van der Waals surface area contributed by atoms with Gasteiger partial charge in [-0.1, -0.05) is 0 Å². The highest BCUT2D eigenvalue weighted by Crippen LogP contribution is 2.24. The van der Waals surface area contributed by atoms with Crippen LogP contribution in [0.2, 0.25) is 0 Å². The highest BCUT2D eigenvalue weighted by atomic mass is 32.1. The summed E-state index contributed by atoms with van der Waals surface area (Å²) in [5.41, 5.74) is 3.74. The Balaban J connectivity index is 2.12. The molecule has 0 N–H and O–H groups in total. The van der Waals surface area contributed by atoms with Gasteiger partial charge in [-0.2, -0.15) is 12.6 Å². The first kappa shape index (κ1) is 15.2. The van der Waals surface area contributed by atoms with Crippen LogP contribution in [-0.4, -0.2) is 31.9 Å². The molecule has 3 aromatic heterocycles. The molecule has 0 unspecified atom stereocenters. The predicted octanol–water partition coefficient (Wildman–Crippen LogP) is 3.23. The molecule has 0 radical (unpaired) electrons. The molecule has 0 saturated carbocycles. The second-order valence-corrected chi connectivity index (χ2v) is 5.56. The van der Waals surface area contributed by atoms with Gasteiger partial charge in [0.25, 0.3) is 0 Å². The summed E-state index contributed by atoms with van der Waals surface area (Å²) >= 11 is 4.29. The normalized spacial score (nSPS) is 11.5. The van der Waals surface area contributed by atoms with Crippen molar-refractivity contribution >= 4 is 34.7 Å². The minimum Gasteiger partial charge on any atom is -0.374 e. The number of hydrogen-bond donors (Lipinski definition) is 1. The van der Waals surface area contributed by atoms with Gasteiger partial charge >= 0.3 is 0 Å². The quantitative estimate of drug-likeness (QED) is 0.537. The Hall–Kier alpha value is -1.66. The number of imidazole rings is 1. The highest BCUT2D eigenvalue weighted by molar-refractivity contribution is 7.80. The number of aryl methyl sites for hydroxylation is 1. The van der Waals surface area contributed by atoms with E-state index in [4.69, 9.17) is 9.72 Å². The molecule has 3 aromatic rings. The molecule has 22 heavy (non-hydrogen) atoms. The van der Waals surface area contributed by atoms with Crippen LogP contribution in [0, 0.1) is 0 Å². The van der Waals surface area contributed by atoms with Crippen molar-refractivity contribution in [2.45, 2.75) is 32.9 Å². The molecule has 0 amide bonds. The first-order chi connectivity index (χ1) is 10.8. The molecule has 0 saturated heterocycles. The summed E-state index contributed by atoms with van der Waals surface area (Å²) < 4.78 is 7.80. The van der Waals surface area contributed by atoms with Crippen molar-refractivity contribution < 1.29 is 4.74 Å². The van der Waals surface area contributed by atoms with Crippen LogP contribution in [0.5, 0.6) is 0 Å². The minimum atomic E-state index is 0.514. The number of nitrogens with zero attached hydrogens (tertiary/aromatic N) is 4. The minimum absolute atomic E-state index is 0.514. The number of pyridine rings is 2. The third-order valence-corrected chi connectivity index (χ3v) is 3.95. The maximum atomic E-state index is 5.57. The van der Waals surface area contributed by atoms with Gasteiger partial charge in [0, 0.05) is 19.3 Å². The van der Waals surface area contributed by atoms with E-state index in [-0.39, 0.29) is 0 Å². The van der Waals surface area contributed by atoms with Crippen LogP contribution < -0.4 is 0 Å². The number of aromatic nitrogens is 4. The SMILES string of the molecule is CCOCc1nc2cnc3cccnc3c2n1CCCCS. The zero-order valence-corrected chi connectivity index (χ0v) is 13.6. The van der Waals surface area contributed by atoms with E-state index >= 15 is 0 Å². The summed E-state index contributed by atoms with van der Waals surface area (Å²) in [6, 6.07) is 3.89. The van der Waals surface area contributed by atoms with Crippen LogP contribution in [0.3, 0.4) is 0 Å². The van der Waals surface area contributed by atoms with Gasteiger partial charge in [0.2, 0.25) is 0 Å². The molecule has 0 aliphatic rings. The van der Waals surface area contributed by atoms with Gasteiger partial charge < -0.3 is 9.30 Å². The molecule has 5 nitrogen and oxygen atoms in total. The maximum Gasteiger partial charge on any atom is 0.136 e. The van der Waals surface area contributed by atoms with Crippen LogP contribution in [0.15, 0.2) is 24.5 Å². The van der Waals surface area contributed by atoms with E-state index in [1.54, 1.807) is 6.20 Å². The van der Waals surface area contributed by atoms with E-state index in [0.29, 0.717) is 13.2 Å². The maximum absolute atomic E-state index is 5.57. The average molecular weight is 316 g/mol. The Bertz CT molecular complexity index is 771. The van der Waals surface area contributed by atoms with Crippen LogP contribution >= 0.6 is 12.6 Å². The summed E-state index contributed by atoms with van der Waals surface area (Å²) in [7, 11) is 0. The topological polar surface area (TPSA) is 52.8 Å². The van der Waals surface area contributed by atoms with Crippen molar-refractivity contribution in [3.05, 3.63) is 30.4 Å². The van der Waals surface area contributed by atoms with E-state index in [0.717, 1.165) is 53.0 Å². The molecule has 0 bridgehead atoms. The first-order valence-electron chi connectivity index (χ1n) is 7.62. The van der Waals surface area contributed by atoms with Crippen molar-refractivity contribution in [3.63, 3.8) is 0 Å². The molecule has 0 atom stereocenters. The smallest absolute Gasteiger partial charge is 0.136 e. The molecule has 116 valence electrons. The highest BCUT2D eigenvalue weighted by Gasteiger charge is 2.14. The molecule has 0 spiro atoms. The lowest BCUT2D eigenvalue weighted by molar-refractivity contribution is 0.126. The summed E-state index contributed by atoms with van der Waals surface area (Å²) in [5.74, 6) is 1.84. The lowest BCUT2D eigenvalue weighted by Gasteiger charge is -2.09. The number of thiol groups is 1. The zero-order chi connectivity index (χ0) is 15.4.